The van der Waals surface area contributed by atoms with Crippen LogP contribution in [0.3, 0.4) is 0 Å². The van der Waals surface area contributed by atoms with Crippen molar-refractivity contribution in [1.29, 1.82) is 0 Å². The lowest BCUT2D eigenvalue weighted by Crippen LogP contribution is -2.40. The normalized spacial score (nSPS) is 21.8. The number of primary sulfonamides is 1. The number of aryl methyl sites for hydroxylation is 1. The van der Waals surface area contributed by atoms with Gasteiger partial charge in [-0.2, -0.15) is 0 Å². The summed E-state index contributed by atoms with van der Waals surface area (Å²) in [6, 6.07) is 4.56. The highest BCUT2D eigenvalue weighted by atomic mass is 32.2. The third kappa shape index (κ3) is 4.82. The first-order valence-corrected chi connectivity index (χ1v) is 10.5. The summed E-state index contributed by atoms with van der Waals surface area (Å²) in [4.78, 5) is 12.6. The zero-order valence-electron chi connectivity index (χ0n) is 15.6. The lowest BCUT2D eigenvalue weighted by Gasteiger charge is -2.39. The third-order valence-electron chi connectivity index (χ3n) is 5.86. The van der Waals surface area contributed by atoms with Gasteiger partial charge in [-0.15, -0.1) is 0 Å². The van der Waals surface area contributed by atoms with Gasteiger partial charge in [-0.25, -0.2) is 13.6 Å². The molecule has 0 unspecified atom stereocenters. The van der Waals surface area contributed by atoms with Crippen LogP contribution in [-0.4, -0.2) is 20.4 Å². The van der Waals surface area contributed by atoms with Crippen molar-refractivity contribution in [2.24, 2.45) is 16.5 Å². The molecule has 0 spiro atoms. The predicted molar refractivity (Wildman–Crippen MR) is 99.8 cm³/mol. The van der Waals surface area contributed by atoms with Crippen molar-refractivity contribution in [2.75, 3.05) is 0 Å². The standard InChI is InChI=1S/C19H30N2O3S/c1-5-19(3,4)14-7-9-15(10-8-14)21-18(22)17-12-16(25(20,23)24)11-6-13(17)2/h6,11-12,14-15H,5,7-10H2,1-4H3,(H,21,22)(H2,20,23,24). The highest BCUT2D eigenvalue weighted by Crippen LogP contribution is 2.40. The molecule has 5 nitrogen and oxygen atoms in total. The molecule has 25 heavy (non-hydrogen) atoms. The summed E-state index contributed by atoms with van der Waals surface area (Å²) in [5, 5.41) is 8.24. The molecular weight excluding hydrogens is 336 g/mol. The molecule has 140 valence electrons. The largest absolute Gasteiger partial charge is 0.349 e. The van der Waals surface area contributed by atoms with Crippen molar-refractivity contribution in [3.63, 3.8) is 0 Å². The number of carbonyl (C=O) groups is 1. The number of carbonyl (C=O) groups excluding carboxylic acids is 1. The molecule has 3 N–H and O–H groups in total. The lowest BCUT2D eigenvalue weighted by atomic mass is 9.69. The van der Waals surface area contributed by atoms with Crippen LogP contribution in [0.25, 0.3) is 0 Å². The quantitative estimate of drug-likeness (QED) is 0.837. The summed E-state index contributed by atoms with van der Waals surface area (Å²) in [7, 11) is -3.82. The van der Waals surface area contributed by atoms with Gasteiger partial charge in [0.05, 0.1) is 4.90 Å². The van der Waals surface area contributed by atoms with Gasteiger partial charge < -0.3 is 5.32 Å². The molecule has 1 aromatic carbocycles. The summed E-state index contributed by atoms with van der Waals surface area (Å²) in [5.41, 5.74) is 1.46. The van der Waals surface area contributed by atoms with Crippen molar-refractivity contribution in [2.45, 2.75) is 70.7 Å². The van der Waals surface area contributed by atoms with Gasteiger partial charge in [-0.3, -0.25) is 4.79 Å². The number of hydrogen-bond acceptors (Lipinski definition) is 3. The second-order valence-corrected chi connectivity index (χ2v) is 9.45. The Hall–Kier alpha value is -1.40. The monoisotopic (exact) mass is 366 g/mol. The third-order valence-corrected chi connectivity index (χ3v) is 6.77. The maximum absolute atomic E-state index is 12.6. The number of nitrogens with two attached hydrogens (primary N) is 1. The molecular formula is C19H30N2O3S. The Labute approximate surface area is 151 Å². The number of benzene rings is 1. The molecule has 0 aliphatic heterocycles. The van der Waals surface area contributed by atoms with Crippen molar-refractivity contribution >= 4 is 15.9 Å². The summed E-state index contributed by atoms with van der Waals surface area (Å²) < 4.78 is 23.0. The summed E-state index contributed by atoms with van der Waals surface area (Å²) in [5.74, 6) is 0.472. The Bertz CT molecular complexity index is 733. The van der Waals surface area contributed by atoms with E-state index in [0.717, 1.165) is 37.7 Å². The van der Waals surface area contributed by atoms with E-state index in [2.05, 4.69) is 26.1 Å². The first kappa shape index (κ1) is 19.9. The number of hydrogen-bond donors (Lipinski definition) is 2. The fraction of sp³-hybridized carbons (Fsp3) is 0.632. The molecule has 0 aromatic heterocycles. The van der Waals surface area contributed by atoms with Crippen LogP contribution in [0.4, 0.5) is 0 Å². The number of nitrogens with one attached hydrogen (secondary N) is 1. The van der Waals surface area contributed by atoms with E-state index in [9.17, 15) is 13.2 Å². The van der Waals surface area contributed by atoms with Gasteiger partial charge in [0.1, 0.15) is 0 Å². The number of sulfonamides is 1. The van der Waals surface area contributed by atoms with Gasteiger partial charge in [0.15, 0.2) is 0 Å². The van der Waals surface area contributed by atoms with Crippen LogP contribution >= 0.6 is 0 Å². The highest BCUT2D eigenvalue weighted by molar-refractivity contribution is 7.89. The van der Waals surface area contributed by atoms with E-state index in [1.807, 2.05) is 0 Å². The molecule has 6 heteroatoms. The van der Waals surface area contributed by atoms with E-state index < -0.39 is 10.0 Å². The topological polar surface area (TPSA) is 89.3 Å². The molecule has 2 rings (SSSR count). The first-order chi connectivity index (χ1) is 11.5. The maximum Gasteiger partial charge on any atom is 0.251 e. The lowest BCUT2D eigenvalue weighted by molar-refractivity contribution is 0.0892. The van der Waals surface area contributed by atoms with Gasteiger partial charge in [-0.1, -0.05) is 33.3 Å². The van der Waals surface area contributed by atoms with Crippen molar-refractivity contribution in [1.82, 2.24) is 5.32 Å². The number of rotatable bonds is 5. The van der Waals surface area contributed by atoms with Gasteiger partial charge in [0, 0.05) is 11.6 Å². The van der Waals surface area contributed by atoms with E-state index >= 15 is 0 Å². The molecule has 1 aliphatic rings. The average Bonchev–Trinajstić information content (AvgIpc) is 2.54. The molecule has 1 fully saturated rings. The Balaban J connectivity index is 2.04. The SMILES string of the molecule is CCC(C)(C)C1CCC(NC(=O)c2cc(S(N)(=O)=O)ccc2C)CC1. The van der Waals surface area contributed by atoms with Crippen molar-refractivity contribution in [3.05, 3.63) is 29.3 Å². The van der Waals surface area contributed by atoms with Crippen LogP contribution in [0.2, 0.25) is 0 Å². The maximum atomic E-state index is 12.6. The van der Waals surface area contributed by atoms with Gasteiger partial charge in [-0.05, 0) is 61.6 Å². The molecule has 1 aliphatic carbocycles. The Morgan fingerprint density at radius 1 is 1.24 bits per heavy atom. The zero-order valence-corrected chi connectivity index (χ0v) is 16.4. The summed E-state index contributed by atoms with van der Waals surface area (Å²) >= 11 is 0. The second kappa shape index (κ2) is 7.46. The van der Waals surface area contributed by atoms with E-state index in [-0.39, 0.29) is 16.8 Å². The smallest absolute Gasteiger partial charge is 0.251 e. The van der Waals surface area contributed by atoms with Gasteiger partial charge in [0.2, 0.25) is 10.0 Å². The second-order valence-electron chi connectivity index (χ2n) is 7.89. The molecule has 1 amide bonds. The highest BCUT2D eigenvalue weighted by Gasteiger charge is 2.32. The fourth-order valence-corrected chi connectivity index (χ4v) is 4.13. The van der Waals surface area contributed by atoms with Crippen LogP contribution in [0, 0.1) is 18.3 Å². The number of amides is 1. The molecule has 1 saturated carbocycles. The van der Waals surface area contributed by atoms with Crippen LogP contribution in [0.5, 0.6) is 0 Å². The predicted octanol–water partition coefficient (Wildman–Crippen LogP) is 3.37. The van der Waals surface area contributed by atoms with E-state index in [4.69, 9.17) is 5.14 Å². The zero-order chi connectivity index (χ0) is 18.8. The molecule has 0 atom stereocenters. The molecule has 0 saturated heterocycles. The molecule has 1 aromatic rings. The molecule has 0 bridgehead atoms. The Kier molecular flexibility index (Phi) is 5.94. The van der Waals surface area contributed by atoms with E-state index in [1.54, 1.807) is 13.0 Å². The van der Waals surface area contributed by atoms with Crippen LogP contribution in [-0.2, 0) is 10.0 Å². The van der Waals surface area contributed by atoms with Crippen LogP contribution in [0.15, 0.2) is 23.1 Å². The van der Waals surface area contributed by atoms with Crippen LogP contribution < -0.4 is 10.5 Å². The van der Waals surface area contributed by atoms with Gasteiger partial charge >= 0.3 is 0 Å². The van der Waals surface area contributed by atoms with Crippen molar-refractivity contribution in [3.8, 4) is 0 Å². The van der Waals surface area contributed by atoms with E-state index in [1.165, 1.54) is 12.1 Å². The summed E-state index contributed by atoms with van der Waals surface area (Å²) in [6.07, 6.45) is 5.32. The molecule has 0 heterocycles. The average molecular weight is 367 g/mol. The van der Waals surface area contributed by atoms with E-state index in [0.29, 0.717) is 16.9 Å². The Morgan fingerprint density at radius 3 is 2.36 bits per heavy atom. The minimum atomic E-state index is -3.82. The fourth-order valence-electron chi connectivity index (χ4n) is 3.59. The van der Waals surface area contributed by atoms with Crippen molar-refractivity contribution < 1.29 is 13.2 Å². The minimum Gasteiger partial charge on any atom is -0.349 e. The molecule has 0 radical (unpaired) electrons. The Morgan fingerprint density at radius 2 is 1.84 bits per heavy atom. The summed E-state index contributed by atoms with van der Waals surface area (Å²) in [6.45, 7) is 8.66. The van der Waals surface area contributed by atoms with Gasteiger partial charge in [0.25, 0.3) is 5.91 Å². The van der Waals surface area contributed by atoms with Crippen LogP contribution in [0.1, 0.15) is 68.8 Å². The first-order valence-electron chi connectivity index (χ1n) is 8.99. The minimum absolute atomic E-state index is 0.0309.